The van der Waals surface area contributed by atoms with E-state index in [9.17, 15) is 8.42 Å². The van der Waals surface area contributed by atoms with Crippen molar-refractivity contribution < 1.29 is 17.6 Å². The number of anilines is 2. The van der Waals surface area contributed by atoms with Gasteiger partial charge in [-0.25, -0.2) is 18.4 Å². The molecule has 0 spiro atoms. The predicted molar refractivity (Wildman–Crippen MR) is 158 cm³/mol. The molecule has 10 heteroatoms. The number of hydrogen-bond acceptors (Lipinski definition) is 7. The molecule has 0 atom stereocenters. The Morgan fingerprint density at radius 2 is 1.76 bits per heavy atom. The fourth-order valence-corrected chi connectivity index (χ4v) is 6.82. The number of sulfone groups is 1. The highest BCUT2D eigenvalue weighted by Gasteiger charge is 2.40. The first-order chi connectivity index (χ1) is 17.7. The predicted octanol–water partition coefficient (Wildman–Crippen LogP) is 7.28. The monoisotopic (exact) mass is 575 g/mol. The highest BCUT2D eigenvalue weighted by molar-refractivity contribution is 7.89. The fourth-order valence-electron chi connectivity index (χ4n) is 4.42. The van der Waals surface area contributed by atoms with Crippen LogP contribution in [0.25, 0.3) is 10.9 Å². The normalized spacial score (nSPS) is 18.9. The quantitative estimate of drug-likeness (QED) is 0.282. The molecular weight excluding hydrogens is 538 g/mol. The molecule has 4 rings (SSSR count). The maximum atomic E-state index is 11.7. The van der Waals surface area contributed by atoms with Gasteiger partial charge in [0, 0.05) is 29.6 Å². The number of ether oxygens (including phenoxy) is 1. The lowest BCUT2D eigenvalue weighted by molar-refractivity contribution is 0.0733. The van der Waals surface area contributed by atoms with Crippen molar-refractivity contribution in [2.24, 2.45) is 0 Å². The lowest BCUT2D eigenvalue weighted by Gasteiger charge is -2.41. The Bertz CT molecular complexity index is 1400. The molecule has 7 nitrogen and oxygen atoms in total. The molecule has 0 radical (unpaired) electrons. The Morgan fingerprint density at radius 1 is 1.08 bits per heavy atom. The van der Waals surface area contributed by atoms with Gasteiger partial charge in [-0.3, -0.25) is 0 Å². The Labute approximate surface area is 232 Å². The zero-order valence-corrected chi connectivity index (χ0v) is 25.6. The van der Waals surface area contributed by atoms with Crippen LogP contribution in [0.5, 0.6) is 5.75 Å². The molecule has 3 aromatic rings. The van der Waals surface area contributed by atoms with Gasteiger partial charge in [-0.1, -0.05) is 44.5 Å². The summed E-state index contributed by atoms with van der Waals surface area (Å²) in [6.07, 6.45) is 6.99. The van der Waals surface area contributed by atoms with Crippen LogP contribution in [0.2, 0.25) is 23.2 Å². The highest BCUT2D eigenvalue weighted by atomic mass is 35.5. The number of hydrogen-bond donors (Lipinski definition) is 1. The topological polar surface area (TPSA) is 90.4 Å². The van der Waals surface area contributed by atoms with Crippen molar-refractivity contribution in [1.82, 2.24) is 9.97 Å². The average molecular weight is 576 g/mol. The second-order valence-electron chi connectivity index (χ2n) is 11.8. The summed E-state index contributed by atoms with van der Waals surface area (Å²) in [6.45, 7) is 11.4. The molecule has 0 unspecified atom stereocenters. The van der Waals surface area contributed by atoms with Crippen LogP contribution in [0, 0.1) is 0 Å². The molecule has 38 heavy (non-hydrogen) atoms. The van der Waals surface area contributed by atoms with Crippen molar-refractivity contribution in [2.45, 2.75) is 82.5 Å². The molecule has 0 aliphatic heterocycles. The molecule has 1 N–H and O–H groups in total. The van der Waals surface area contributed by atoms with E-state index in [4.69, 9.17) is 25.7 Å². The smallest absolute Gasteiger partial charge is 0.227 e. The number of aromatic nitrogens is 2. The largest absolute Gasteiger partial charge is 0.487 e. The second kappa shape index (κ2) is 11.1. The van der Waals surface area contributed by atoms with Gasteiger partial charge in [-0.15, -0.1) is 0 Å². The minimum absolute atomic E-state index is 0.0299. The van der Waals surface area contributed by atoms with E-state index in [-0.39, 0.29) is 23.0 Å². The minimum atomic E-state index is -3.14. The number of rotatable bonds is 8. The first kappa shape index (κ1) is 28.8. The van der Waals surface area contributed by atoms with Crippen LogP contribution in [0.1, 0.15) is 52.0 Å². The van der Waals surface area contributed by atoms with Crippen molar-refractivity contribution in [3.8, 4) is 5.75 Å². The van der Waals surface area contributed by atoms with E-state index >= 15 is 0 Å². The third kappa shape index (κ3) is 7.25. The van der Waals surface area contributed by atoms with Crippen LogP contribution in [0.3, 0.4) is 0 Å². The zero-order chi connectivity index (χ0) is 27.7. The molecular formula is C28H38ClN3O4SSi. The second-order valence-corrected chi connectivity index (χ2v) is 19.1. The van der Waals surface area contributed by atoms with E-state index in [1.165, 1.54) is 6.26 Å². The van der Waals surface area contributed by atoms with Gasteiger partial charge in [0.1, 0.15) is 5.52 Å². The lowest BCUT2D eigenvalue weighted by atomic mass is 9.95. The Kier molecular flexibility index (Phi) is 8.42. The molecule has 0 amide bonds. The number of nitrogens with zero attached hydrogens (tertiary/aromatic N) is 2. The summed E-state index contributed by atoms with van der Waals surface area (Å²) in [6, 6.07) is 10.9. The molecule has 1 saturated carbocycles. The Morgan fingerprint density at radius 3 is 2.42 bits per heavy atom. The van der Waals surface area contributed by atoms with Crippen LogP contribution in [0.4, 0.5) is 11.6 Å². The van der Waals surface area contributed by atoms with Crippen LogP contribution < -0.4 is 10.1 Å². The van der Waals surface area contributed by atoms with Crippen LogP contribution in [-0.2, 0) is 20.0 Å². The average Bonchev–Trinajstić information content (AvgIpc) is 2.80. The molecule has 1 aromatic heterocycles. The van der Waals surface area contributed by atoms with Crippen molar-refractivity contribution in [2.75, 3.05) is 11.6 Å². The molecule has 1 aliphatic carbocycles. The maximum absolute atomic E-state index is 11.7. The Balaban J connectivity index is 1.49. The first-order valence-corrected chi connectivity index (χ1v) is 18.4. The minimum Gasteiger partial charge on any atom is -0.487 e. The molecule has 206 valence electrons. The number of halogens is 1. The van der Waals surface area contributed by atoms with Crippen molar-refractivity contribution >= 4 is 52.3 Å². The van der Waals surface area contributed by atoms with Gasteiger partial charge in [-0.05, 0) is 73.6 Å². The summed E-state index contributed by atoms with van der Waals surface area (Å²) in [7, 11) is -4.94. The summed E-state index contributed by atoms with van der Waals surface area (Å²) in [5.74, 6) is 0.916. The molecule has 1 fully saturated rings. The Hall–Kier alpha value is -2.20. The summed E-state index contributed by atoms with van der Waals surface area (Å²) >= 11 is 6.60. The van der Waals surface area contributed by atoms with Gasteiger partial charge in [0.25, 0.3) is 0 Å². The van der Waals surface area contributed by atoms with E-state index in [1.54, 1.807) is 24.4 Å². The van der Waals surface area contributed by atoms with E-state index in [1.807, 2.05) is 18.2 Å². The van der Waals surface area contributed by atoms with Gasteiger partial charge >= 0.3 is 0 Å². The van der Waals surface area contributed by atoms with Gasteiger partial charge in [0.15, 0.2) is 23.9 Å². The standard InChI is InChI=1S/C28H38ClN3O4SSi/c1-28(2,3)38(5,6)36-23-13-11-22(12-14-23)35-26-24(29)15-10-20-17-30-27(32-25(20)26)31-21-9-7-8-19(16-21)18-37(4,33)34/h7-10,15-17,22-23H,11-14,18H2,1-6H3,(H,30,31,32). The van der Waals surface area contributed by atoms with Gasteiger partial charge < -0.3 is 14.5 Å². The number of fused-ring (bicyclic) bond motifs is 1. The molecule has 1 aliphatic rings. The maximum Gasteiger partial charge on any atom is 0.227 e. The number of nitrogens with one attached hydrogen (secondary N) is 1. The summed E-state index contributed by atoms with van der Waals surface area (Å²) < 4.78 is 36.5. The van der Waals surface area contributed by atoms with Crippen LogP contribution in [-0.4, -0.2) is 45.2 Å². The van der Waals surface area contributed by atoms with E-state index in [2.05, 4.69) is 44.2 Å². The molecule has 1 heterocycles. The van der Waals surface area contributed by atoms with Gasteiger partial charge in [-0.2, -0.15) is 0 Å². The van der Waals surface area contributed by atoms with E-state index in [0.29, 0.717) is 33.5 Å². The summed E-state index contributed by atoms with van der Waals surface area (Å²) in [5, 5.41) is 4.72. The first-order valence-electron chi connectivity index (χ1n) is 13.0. The van der Waals surface area contributed by atoms with E-state index in [0.717, 1.165) is 31.1 Å². The molecule has 2 aromatic carbocycles. The third-order valence-electron chi connectivity index (χ3n) is 7.44. The van der Waals surface area contributed by atoms with Crippen LogP contribution >= 0.6 is 11.6 Å². The SMILES string of the molecule is CC(C)(C)[Si](C)(C)OC1CCC(Oc2c(Cl)ccc3cnc(Nc4cccc(CS(C)(=O)=O)c4)nc23)CC1. The van der Waals surface area contributed by atoms with Gasteiger partial charge in [0.2, 0.25) is 5.95 Å². The summed E-state index contributed by atoms with van der Waals surface area (Å²) in [5.41, 5.74) is 2.04. The van der Waals surface area contributed by atoms with Crippen molar-refractivity contribution in [1.29, 1.82) is 0 Å². The molecule has 0 bridgehead atoms. The summed E-state index contributed by atoms with van der Waals surface area (Å²) in [4.78, 5) is 9.16. The van der Waals surface area contributed by atoms with Crippen molar-refractivity contribution in [3.63, 3.8) is 0 Å². The van der Waals surface area contributed by atoms with Crippen molar-refractivity contribution in [3.05, 3.63) is 53.2 Å². The fraction of sp³-hybridized carbons (Fsp3) is 0.500. The highest BCUT2D eigenvalue weighted by Crippen LogP contribution is 2.40. The third-order valence-corrected chi connectivity index (χ3v) is 13.1. The van der Waals surface area contributed by atoms with Gasteiger partial charge in [0.05, 0.1) is 16.9 Å². The lowest BCUT2D eigenvalue weighted by Crippen LogP contribution is -2.45. The molecule has 0 saturated heterocycles. The zero-order valence-electron chi connectivity index (χ0n) is 23.0. The van der Waals surface area contributed by atoms with Crippen LogP contribution in [0.15, 0.2) is 42.6 Å². The van der Waals surface area contributed by atoms with E-state index < -0.39 is 18.2 Å². The number of benzene rings is 2.